The van der Waals surface area contributed by atoms with Crippen LogP contribution in [0.5, 0.6) is 0 Å². The number of ether oxygens (including phenoxy) is 1. The summed E-state index contributed by atoms with van der Waals surface area (Å²) in [5.41, 5.74) is 6.94. The zero-order valence-electron chi connectivity index (χ0n) is 12.7. The second kappa shape index (κ2) is 6.74. The SMILES string of the molecule is COCCN(C)c1ncnc(N2CCC(C)CC2)c1N. The van der Waals surface area contributed by atoms with Gasteiger partial charge in [0.2, 0.25) is 0 Å². The number of hydrogen-bond acceptors (Lipinski definition) is 6. The van der Waals surface area contributed by atoms with Crippen LogP contribution < -0.4 is 15.5 Å². The van der Waals surface area contributed by atoms with Gasteiger partial charge in [-0.05, 0) is 18.8 Å². The Balaban J connectivity index is 2.14. The van der Waals surface area contributed by atoms with Gasteiger partial charge in [0.1, 0.15) is 12.0 Å². The summed E-state index contributed by atoms with van der Waals surface area (Å²) in [6.07, 6.45) is 3.99. The molecule has 1 fully saturated rings. The van der Waals surface area contributed by atoms with Crippen LogP contribution in [0.4, 0.5) is 17.3 Å². The minimum Gasteiger partial charge on any atom is -0.393 e. The number of anilines is 3. The number of nitrogens with two attached hydrogens (primary N) is 1. The van der Waals surface area contributed by atoms with E-state index in [1.807, 2.05) is 11.9 Å². The van der Waals surface area contributed by atoms with Gasteiger partial charge in [-0.3, -0.25) is 0 Å². The van der Waals surface area contributed by atoms with E-state index in [9.17, 15) is 0 Å². The summed E-state index contributed by atoms with van der Waals surface area (Å²) in [5, 5.41) is 0. The van der Waals surface area contributed by atoms with E-state index in [-0.39, 0.29) is 0 Å². The fraction of sp³-hybridized carbons (Fsp3) is 0.714. The lowest BCUT2D eigenvalue weighted by Gasteiger charge is -2.32. The van der Waals surface area contributed by atoms with Crippen molar-refractivity contribution in [1.29, 1.82) is 0 Å². The molecule has 1 aliphatic heterocycles. The van der Waals surface area contributed by atoms with E-state index < -0.39 is 0 Å². The number of aromatic nitrogens is 2. The lowest BCUT2D eigenvalue weighted by Crippen LogP contribution is -2.34. The molecule has 0 aliphatic carbocycles. The maximum absolute atomic E-state index is 6.27. The van der Waals surface area contributed by atoms with Crippen molar-refractivity contribution >= 4 is 17.3 Å². The summed E-state index contributed by atoms with van der Waals surface area (Å²) in [4.78, 5) is 13.0. The average molecular weight is 279 g/mol. The molecule has 0 atom stereocenters. The van der Waals surface area contributed by atoms with Crippen molar-refractivity contribution in [2.45, 2.75) is 19.8 Å². The molecule has 0 aromatic carbocycles. The van der Waals surface area contributed by atoms with Crippen molar-refractivity contribution in [2.24, 2.45) is 5.92 Å². The van der Waals surface area contributed by atoms with Crippen LogP contribution in [0.2, 0.25) is 0 Å². The predicted molar refractivity (Wildman–Crippen MR) is 82.2 cm³/mol. The molecule has 2 heterocycles. The highest BCUT2D eigenvalue weighted by atomic mass is 16.5. The Morgan fingerprint density at radius 2 is 2.10 bits per heavy atom. The van der Waals surface area contributed by atoms with Gasteiger partial charge in [-0.2, -0.15) is 0 Å². The number of nitrogens with zero attached hydrogens (tertiary/aromatic N) is 4. The van der Waals surface area contributed by atoms with E-state index >= 15 is 0 Å². The van der Waals surface area contributed by atoms with Gasteiger partial charge >= 0.3 is 0 Å². The van der Waals surface area contributed by atoms with E-state index in [1.54, 1.807) is 13.4 Å². The number of likely N-dealkylation sites (N-methyl/N-ethyl adjacent to an activating group) is 1. The van der Waals surface area contributed by atoms with Crippen LogP contribution in [0.15, 0.2) is 6.33 Å². The van der Waals surface area contributed by atoms with Gasteiger partial charge in [0.15, 0.2) is 11.6 Å². The van der Waals surface area contributed by atoms with E-state index in [2.05, 4.69) is 21.8 Å². The van der Waals surface area contributed by atoms with Crippen LogP contribution in [-0.2, 0) is 4.74 Å². The molecule has 1 aromatic heterocycles. The zero-order chi connectivity index (χ0) is 14.5. The van der Waals surface area contributed by atoms with E-state index in [1.165, 1.54) is 12.8 Å². The third-order valence-corrected chi connectivity index (χ3v) is 3.92. The first-order chi connectivity index (χ1) is 9.63. The standard InChI is InChI=1S/C14H25N5O/c1-11-4-6-19(7-5-11)14-12(15)13(16-10-17-14)18(2)8-9-20-3/h10-11H,4-9,15H2,1-3H3. The molecule has 6 nitrogen and oxygen atoms in total. The molecule has 0 radical (unpaired) electrons. The first-order valence-corrected chi connectivity index (χ1v) is 7.19. The van der Waals surface area contributed by atoms with Crippen molar-refractivity contribution in [1.82, 2.24) is 9.97 Å². The van der Waals surface area contributed by atoms with E-state index in [4.69, 9.17) is 10.5 Å². The molecule has 20 heavy (non-hydrogen) atoms. The fourth-order valence-electron chi connectivity index (χ4n) is 2.49. The van der Waals surface area contributed by atoms with Gasteiger partial charge in [0.05, 0.1) is 6.61 Å². The number of nitrogen functional groups attached to an aromatic ring is 1. The van der Waals surface area contributed by atoms with Gasteiger partial charge in [-0.25, -0.2) is 9.97 Å². The minimum absolute atomic E-state index is 0.649. The molecule has 0 bridgehead atoms. The number of hydrogen-bond donors (Lipinski definition) is 1. The quantitative estimate of drug-likeness (QED) is 0.878. The Hall–Kier alpha value is -1.56. The van der Waals surface area contributed by atoms with Crippen molar-refractivity contribution in [3.8, 4) is 0 Å². The molecular formula is C14H25N5O. The van der Waals surface area contributed by atoms with Crippen molar-refractivity contribution in [3.63, 3.8) is 0 Å². The van der Waals surface area contributed by atoms with Crippen LogP contribution >= 0.6 is 0 Å². The Morgan fingerprint density at radius 3 is 2.75 bits per heavy atom. The lowest BCUT2D eigenvalue weighted by molar-refractivity contribution is 0.206. The van der Waals surface area contributed by atoms with Gasteiger partial charge in [0, 0.05) is 33.8 Å². The van der Waals surface area contributed by atoms with Crippen LogP contribution in [0, 0.1) is 5.92 Å². The van der Waals surface area contributed by atoms with Crippen LogP contribution in [0.1, 0.15) is 19.8 Å². The average Bonchev–Trinajstić information content (AvgIpc) is 2.46. The number of rotatable bonds is 5. The highest BCUT2D eigenvalue weighted by Gasteiger charge is 2.21. The minimum atomic E-state index is 0.649. The largest absolute Gasteiger partial charge is 0.393 e. The normalized spacial score (nSPS) is 16.4. The number of piperidine rings is 1. The van der Waals surface area contributed by atoms with Gasteiger partial charge in [0.25, 0.3) is 0 Å². The Bertz CT molecular complexity index is 432. The van der Waals surface area contributed by atoms with E-state index in [0.717, 1.165) is 37.2 Å². The second-order valence-corrected chi connectivity index (χ2v) is 5.52. The fourth-order valence-corrected chi connectivity index (χ4v) is 2.49. The molecule has 1 saturated heterocycles. The lowest BCUT2D eigenvalue weighted by atomic mass is 9.99. The Morgan fingerprint density at radius 1 is 1.40 bits per heavy atom. The molecule has 112 valence electrons. The van der Waals surface area contributed by atoms with Crippen molar-refractivity contribution in [3.05, 3.63) is 6.33 Å². The van der Waals surface area contributed by atoms with Gasteiger partial charge in [-0.1, -0.05) is 6.92 Å². The Labute approximate surface area is 120 Å². The zero-order valence-corrected chi connectivity index (χ0v) is 12.7. The van der Waals surface area contributed by atoms with Gasteiger partial charge < -0.3 is 20.3 Å². The molecule has 6 heteroatoms. The molecule has 0 unspecified atom stereocenters. The summed E-state index contributed by atoms with van der Waals surface area (Å²) in [5.74, 6) is 2.44. The van der Waals surface area contributed by atoms with Crippen LogP contribution in [0.25, 0.3) is 0 Å². The maximum Gasteiger partial charge on any atom is 0.157 e. The van der Waals surface area contributed by atoms with E-state index in [0.29, 0.717) is 12.3 Å². The smallest absolute Gasteiger partial charge is 0.157 e. The predicted octanol–water partition coefficient (Wildman–Crippen LogP) is 1.38. The number of methoxy groups -OCH3 is 1. The monoisotopic (exact) mass is 279 g/mol. The summed E-state index contributed by atoms with van der Waals surface area (Å²) in [6.45, 7) is 5.74. The molecule has 2 N–H and O–H groups in total. The van der Waals surface area contributed by atoms with Gasteiger partial charge in [-0.15, -0.1) is 0 Å². The third kappa shape index (κ3) is 3.30. The first kappa shape index (κ1) is 14.8. The van der Waals surface area contributed by atoms with Crippen molar-refractivity contribution in [2.75, 3.05) is 55.9 Å². The molecular weight excluding hydrogens is 254 g/mol. The van der Waals surface area contributed by atoms with Crippen molar-refractivity contribution < 1.29 is 4.74 Å². The topological polar surface area (TPSA) is 67.5 Å². The molecule has 2 rings (SSSR count). The highest BCUT2D eigenvalue weighted by molar-refractivity contribution is 5.75. The third-order valence-electron chi connectivity index (χ3n) is 3.92. The summed E-state index contributed by atoms with van der Waals surface area (Å²) >= 11 is 0. The van der Waals surface area contributed by atoms with Crippen LogP contribution in [-0.4, -0.2) is 50.4 Å². The summed E-state index contributed by atoms with van der Waals surface area (Å²) in [7, 11) is 3.66. The second-order valence-electron chi connectivity index (χ2n) is 5.52. The van der Waals surface area contributed by atoms with Crippen LogP contribution in [0.3, 0.4) is 0 Å². The Kier molecular flexibility index (Phi) is 5.00. The summed E-state index contributed by atoms with van der Waals surface area (Å²) in [6, 6.07) is 0. The first-order valence-electron chi connectivity index (χ1n) is 7.19. The molecule has 0 saturated carbocycles. The maximum atomic E-state index is 6.27. The highest BCUT2D eigenvalue weighted by Crippen LogP contribution is 2.30. The molecule has 0 spiro atoms. The summed E-state index contributed by atoms with van der Waals surface area (Å²) < 4.78 is 5.10. The molecule has 1 aromatic rings. The molecule has 1 aliphatic rings. The molecule has 0 amide bonds.